The third-order valence-electron chi connectivity index (χ3n) is 4.53. The lowest BCUT2D eigenvalue weighted by Crippen LogP contribution is -2.39. The highest BCUT2D eigenvalue weighted by Gasteiger charge is 2.29. The van der Waals surface area contributed by atoms with Crippen LogP contribution in [0.15, 0.2) is 26.9 Å². The Kier molecular flexibility index (Phi) is 3.77. The third-order valence-corrected chi connectivity index (χ3v) is 5.08. The van der Waals surface area contributed by atoms with E-state index in [9.17, 15) is 4.79 Å². The number of carbonyl (C=O) groups is 1. The molecule has 1 aromatic rings. The summed E-state index contributed by atoms with van der Waals surface area (Å²) in [7, 11) is 0. The van der Waals surface area contributed by atoms with Crippen molar-refractivity contribution in [3.8, 4) is 0 Å². The lowest BCUT2D eigenvalue weighted by Gasteiger charge is -2.23. The van der Waals surface area contributed by atoms with Crippen LogP contribution in [-0.4, -0.2) is 42.5 Å². The molecule has 0 aliphatic carbocycles. The fraction of sp³-hybridized carbons (Fsp3) is 0.533. The highest BCUT2D eigenvalue weighted by Crippen LogP contribution is 2.38. The maximum absolute atomic E-state index is 12.3. The normalized spacial score (nSPS) is 26.4. The van der Waals surface area contributed by atoms with E-state index in [0.29, 0.717) is 18.6 Å². The molecule has 2 saturated heterocycles. The minimum absolute atomic E-state index is 0.0262. The molecule has 4 rings (SSSR count). The first kappa shape index (κ1) is 14.0. The van der Waals surface area contributed by atoms with Gasteiger partial charge in [-0.3, -0.25) is 9.69 Å². The number of benzene rings is 1. The first-order valence-corrected chi connectivity index (χ1v) is 8.50. The standard InChI is InChI=1S/C15H19N5OS/c21-14(9-20-7-6-10-4-5-11(8-20)16-10)17-12-2-1-3-13-15(12)19-22-18-13/h1-3,10-11,16H,4-9H2,(H,17,21). The molecule has 0 aromatic heterocycles. The zero-order valence-corrected chi connectivity index (χ0v) is 13.1. The molecule has 2 atom stereocenters. The van der Waals surface area contributed by atoms with Gasteiger partial charge in [-0.25, -0.2) is 0 Å². The van der Waals surface area contributed by atoms with E-state index in [1.54, 1.807) is 0 Å². The lowest BCUT2D eigenvalue weighted by atomic mass is 10.1. The van der Waals surface area contributed by atoms with E-state index in [1.807, 2.05) is 18.2 Å². The van der Waals surface area contributed by atoms with Crippen LogP contribution < -0.4 is 10.6 Å². The molecule has 0 radical (unpaired) electrons. The van der Waals surface area contributed by atoms with Gasteiger partial charge in [-0.05, 0) is 31.4 Å². The predicted molar refractivity (Wildman–Crippen MR) is 87.6 cm³/mol. The molecule has 3 heterocycles. The Labute approximate surface area is 133 Å². The maximum Gasteiger partial charge on any atom is 0.238 e. The number of hydrogen-bond donors (Lipinski definition) is 2. The quantitative estimate of drug-likeness (QED) is 0.911. The summed E-state index contributed by atoms with van der Waals surface area (Å²) in [5.74, 6) is 0.0262. The maximum atomic E-state index is 12.3. The van der Waals surface area contributed by atoms with Gasteiger partial charge in [0.25, 0.3) is 0 Å². The average Bonchev–Trinajstić information content (AvgIpc) is 3.08. The van der Waals surface area contributed by atoms with E-state index in [1.165, 1.54) is 24.2 Å². The fourth-order valence-electron chi connectivity index (χ4n) is 3.46. The van der Waals surface area contributed by atoms with Gasteiger partial charge in [0, 0.05) is 25.2 Å². The van der Waals surface area contributed by atoms with Gasteiger partial charge < -0.3 is 10.6 Å². The van der Waals surface area contributed by atoms with Crippen LogP contribution in [0.1, 0.15) is 19.3 Å². The molecule has 7 heteroatoms. The number of nitrogens with zero attached hydrogens (tertiary/aromatic N) is 3. The summed E-state index contributed by atoms with van der Waals surface area (Å²) in [4.78, 5) is 14.6. The van der Waals surface area contributed by atoms with Gasteiger partial charge in [0.05, 0.1) is 23.6 Å². The number of hydrogen-bond acceptors (Lipinski definition) is 5. The Morgan fingerprint density at radius 3 is 3.18 bits per heavy atom. The topological polar surface area (TPSA) is 69.1 Å². The Balaban J connectivity index is 1.39. The molecule has 116 valence electrons. The van der Waals surface area contributed by atoms with Gasteiger partial charge in [0.1, 0.15) is 11.4 Å². The monoisotopic (exact) mass is 317 g/mol. The fourth-order valence-corrected chi connectivity index (χ4v) is 4.01. The summed E-state index contributed by atoms with van der Waals surface area (Å²) in [5.41, 5.74) is 2.36. The average molecular weight is 317 g/mol. The molecule has 3 aliphatic rings. The molecule has 2 unspecified atom stereocenters. The van der Waals surface area contributed by atoms with Crippen LogP contribution in [0.5, 0.6) is 0 Å². The van der Waals surface area contributed by atoms with Crippen LogP contribution in [0.2, 0.25) is 0 Å². The first-order chi connectivity index (χ1) is 10.8. The van der Waals surface area contributed by atoms with E-state index in [2.05, 4.69) is 24.3 Å². The molecule has 0 saturated carbocycles. The zero-order chi connectivity index (χ0) is 14.9. The third kappa shape index (κ3) is 2.84. The summed E-state index contributed by atoms with van der Waals surface area (Å²) < 4.78 is 8.46. The molecule has 0 spiro atoms. The molecule has 22 heavy (non-hydrogen) atoms. The highest BCUT2D eigenvalue weighted by atomic mass is 32.1. The minimum atomic E-state index is 0.0262. The Bertz CT molecular complexity index is 670. The molecular weight excluding hydrogens is 298 g/mol. The van der Waals surface area contributed by atoms with Gasteiger partial charge in [-0.1, -0.05) is 6.07 Å². The van der Waals surface area contributed by atoms with Gasteiger partial charge in [-0.15, -0.1) is 0 Å². The van der Waals surface area contributed by atoms with Crippen LogP contribution in [0.25, 0.3) is 0 Å². The smallest absolute Gasteiger partial charge is 0.238 e. The van der Waals surface area contributed by atoms with Gasteiger partial charge in [0.2, 0.25) is 5.91 Å². The van der Waals surface area contributed by atoms with Crippen molar-refractivity contribution in [1.29, 1.82) is 0 Å². The van der Waals surface area contributed by atoms with Crippen molar-refractivity contribution in [1.82, 2.24) is 10.2 Å². The van der Waals surface area contributed by atoms with E-state index in [4.69, 9.17) is 0 Å². The summed E-state index contributed by atoms with van der Waals surface area (Å²) in [5, 5.41) is 6.62. The van der Waals surface area contributed by atoms with Crippen LogP contribution in [0.3, 0.4) is 0 Å². The number of anilines is 1. The summed E-state index contributed by atoms with van der Waals surface area (Å²) in [6.07, 6.45) is 3.64. The second-order valence-electron chi connectivity index (χ2n) is 6.15. The molecule has 1 aromatic carbocycles. The van der Waals surface area contributed by atoms with Crippen LogP contribution in [-0.2, 0) is 16.1 Å². The molecule has 2 N–H and O–H groups in total. The lowest BCUT2D eigenvalue weighted by molar-refractivity contribution is -0.117. The number of rotatable bonds is 3. The first-order valence-electron chi connectivity index (χ1n) is 7.77. The van der Waals surface area contributed by atoms with Crippen molar-refractivity contribution in [2.75, 3.05) is 25.0 Å². The van der Waals surface area contributed by atoms with Crippen molar-refractivity contribution in [3.63, 3.8) is 0 Å². The van der Waals surface area contributed by atoms with Gasteiger partial charge in [-0.2, -0.15) is 8.73 Å². The van der Waals surface area contributed by atoms with Crippen LogP contribution >= 0.6 is 0 Å². The second kappa shape index (κ2) is 5.91. The number of likely N-dealkylation sites (tertiary alicyclic amines) is 1. The van der Waals surface area contributed by atoms with Gasteiger partial charge in [0.15, 0.2) is 0 Å². The van der Waals surface area contributed by atoms with E-state index < -0.39 is 0 Å². The van der Waals surface area contributed by atoms with Crippen molar-refractivity contribution in [2.24, 2.45) is 8.73 Å². The molecule has 3 aliphatic heterocycles. The summed E-state index contributed by atoms with van der Waals surface area (Å²) in [6, 6.07) is 6.88. The molecule has 2 fully saturated rings. The van der Waals surface area contributed by atoms with Crippen molar-refractivity contribution >= 4 is 34.3 Å². The Hall–Kier alpha value is -1.57. The summed E-state index contributed by atoms with van der Waals surface area (Å²) >= 11 is 1.17. The molecule has 2 bridgehead atoms. The van der Waals surface area contributed by atoms with E-state index in [-0.39, 0.29) is 5.91 Å². The number of nitrogens with one attached hydrogen (secondary N) is 2. The Morgan fingerprint density at radius 2 is 2.23 bits per heavy atom. The van der Waals surface area contributed by atoms with Crippen molar-refractivity contribution in [2.45, 2.75) is 31.3 Å². The van der Waals surface area contributed by atoms with Crippen LogP contribution in [0, 0.1) is 0 Å². The Morgan fingerprint density at radius 1 is 1.32 bits per heavy atom. The molecule has 6 nitrogen and oxygen atoms in total. The SMILES string of the molecule is O=C(CN1CCC2CCC(C1)N2)Nc1cccc2c1N=S=N2. The minimum Gasteiger partial charge on any atom is -0.323 e. The van der Waals surface area contributed by atoms with Gasteiger partial charge >= 0.3 is 0 Å². The number of fused-ring (bicyclic) bond motifs is 3. The zero-order valence-electron chi connectivity index (χ0n) is 12.3. The van der Waals surface area contributed by atoms with E-state index in [0.717, 1.165) is 36.6 Å². The highest BCUT2D eigenvalue weighted by molar-refractivity contribution is 7.58. The predicted octanol–water partition coefficient (Wildman–Crippen LogP) is 2.18. The van der Waals surface area contributed by atoms with E-state index >= 15 is 0 Å². The second-order valence-corrected chi connectivity index (χ2v) is 6.68. The number of carbonyl (C=O) groups excluding carboxylic acids is 1. The largest absolute Gasteiger partial charge is 0.323 e. The molecular formula is C15H19N5OS. The summed E-state index contributed by atoms with van der Waals surface area (Å²) in [6.45, 7) is 2.40. The van der Waals surface area contributed by atoms with Crippen molar-refractivity contribution in [3.05, 3.63) is 18.2 Å². The number of amides is 1. The van der Waals surface area contributed by atoms with Crippen LogP contribution in [0.4, 0.5) is 17.1 Å². The van der Waals surface area contributed by atoms with Crippen molar-refractivity contribution < 1.29 is 4.79 Å². The molecule has 1 amide bonds.